The Morgan fingerprint density at radius 2 is 2.00 bits per heavy atom. The highest BCUT2D eigenvalue weighted by atomic mass is 19.1. The molecule has 2 aromatic carbocycles. The highest BCUT2D eigenvalue weighted by Gasteiger charge is 2.35. The summed E-state index contributed by atoms with van der Waals surface area (Å²) in [7, 11) is 0. The van der Waals surface area contributed by atoms with E-state index in [0.29, 0.717) is 19.5 Å². The van der Waals surface area contributed by atoms with Gasteiger partial charge in [-0.05, 0) is 56.0 Å². The first-order chi connectivity index (χ1) is 16.5. The molecule has 0 spiro atoms. The zero-order valence-electron chi connectivity index (χ0n) is 19.4. The first kappa shape index (κ1) is 22.1. The van der Waals surface area contributed by atoms with Crippen molar-refractivity contribution in [2.45, 2.75) is 51.7 Å². The van der Waals surface area contributed by atoms with Crippen molar-refractivity contribution in [3.05, 3.63) is 83.4 Å². The normalized spacial score (nSPS) is 16.8. The van der Waals surface area contributed by atoms with Crippen LogP contribution in [0, 0.1) is 12.7 Å². The summed E-state index contributed by atoms with van der Waals surface area (Å²) in [6.07, 6.45) is 2.42. The van der Waals surface area contributed by atoms with Crippen LogP contribution in [0.1, 0.15) is 61.2 Å². The lowest BCUT2D eigenvalue weighted by Crippen LogP contribution is -2.41. The second-order valence-electron chi connectivity index (χ2n) is 8.77. The molecule has 1 saturated heterocycles. The molecule has 1 aliphatic rings. The van der Waals surface area contributed by atoms with Gasteiger partial charge in [0.2, 0.25) is 0 Å². The van der Waals surface area contributed by atoms with Gasteiger partial charge >= 0.3 is 6.03 Å². The number of carbonyl (C=O) groups is 1. The van der Waals surface area contributed by atoms with Crippen molar-refractivity contribution in [1.29, 1.82) is 0 Å². The number of aromatic nitrogens is 3. The van der Waals surface area contributed by atoms with E-state index in [4.69, 9.17) is 4.42 Å². The van der Waals surface area contributed by atoms with Crippen molar-refractivity contribution in [3.8, 4) is 0 Å². The van der Waals surface area contributed by atoms with Crippen molar-refractivity contribution >= 4 is 17.0 Å². The number of rotatable bonds is 6. The third kappa shape index (κ3) is 4.27. The van der Waals surface area contributed by atoms with E-state index in [1.165, 1.54) is 12.1 Å². The molecule has 1 N–H and O–H groups in total. The number of benzene rings is 2. The molecule has 0 bridgehead atoms. The van der Waals surface area contributed by atoms with Crippen molar-refractivity contribution in [3.63, 3.8) is 0 Å². The number of furan rings is 1. The van der Waals surface area contributed by atoms with Gasteiger partial charge in [-0.2, -0.15) is 0 Å². The third-order valence-corrected chi connectivity index (χ3v) is 6.52. The number of urea groups is 1. The molecule has 2 aromatic heterocycles. The number of para-hydroxylation sites is 1. The molecule has 3 heterocycles. The molecule has 34 heavy (non-hydrogen) atoms. The lowest BCUT2D eigenvalue weighted by atomic mass is 10.1. The molecule has 4 aromatic rings. The number of hydrogen-bond donors (Lipinski definition) is 1. The molecule has 1 fully saturated rings. The van der Waals surface area contributed by atoms with E-state index < -0.39 is 0 Å². The molecule has 8 heteroatoms. The van der Waals surface area contributed by atoms with Gasteiger partial charge in [0.1, 0.15) is 23.0 Å². The van der Waals surface area contributed by atoms with Gasteiger partial charge in [-0.15, -0.1) is 10.2 Å². The number of carbonyl (C=O) groups excluding carboxylic acids is 1. The Labute approximate surface area is 197 Å². The highest BCUT2D eigenvalue weighted by Crippen LogP contribution is 2.33. The van der Waals surface area contributed by atoms with E-state index in [-0.39, 0.29) is 23.9 Å². The summed E-state index contributed by atoms with van der Waals surface area (Å²) in [5.41, 5.74) is 1.77. The number of hydrogen-bond acceptors (Lipinski definition) is 4. The second-order valence-corrected chi connectivity index (χ2v) is 8.77. The van der Waals surface area contributed by atoms with E-state index in [1.807, 2.05) is 53.6 Å². The molecule has 0 unspecified atom stereocenters. The fourth-order valence-corrected chi connectivity index (χ4v) is 4.67. The lowest BCUT2D eigenvalue weighted by molar-refractivity contribution is 0.184. The van der Waals surface area contributed by atoms with E-state index in [2.05, 4.69) is 15.5 Å². The quantitative estimate of drug-likeness (QED) is 0.410. The zero-order chi connectivity index (χ0) is 23.7. The van der Waals surface area contributed by atoms with Gasteiger partial charge in [0.25, 0.3) is 0 Å². The van der Waals surface area contributed by atoms with Gasteiger partial charge in [-0.25, -0.2) is 9.18 Å². The molecule has 1 aliphatic heterocycles. The predicted molar refractivity (Wildman–Crippen MR) is 127 cm³/mol. The average molecular weight is 462 g/mol. The van der Waals surface area contributed by atoms with Gasteiger partial charge in [-0.1, -0.05) is 37.3 Å². The molecule has 2 atom stereocenters. The van der Waals surface area contributed by atoms with E-state index in [9.17, 15) is 9.18 Å². The van der Waals surface area contributed by atoms with Gasteiger partial charge in [-0.3, -0.25) is 0 Å². The molecular weight excluding hydrogens is 433 g/mol. The monoisotopic (exact) mass is 461 g/mol. The van der Waals surface area contributed by atoms with E-state index in [1.54, 1.807) is 12.1 Å². The van der Waals surface area contributed by atoms with E-state index >= 15 is 0 Å². The summed E-state index contributed by atoms with van der Waals surface area (Å²) in [4.78, 5) is 15.2. The summed E-state index contributed by atoms with van der Waals surface area (Å²) < 4.78 is 21.4. The third-order valence-electron chi connectivity index (χ3n) is 6.52. The fourth-order valence-electron chi connectivity index (χ4n) is 4.67. The van der Waals surface area contributed by atoms with Crippen LogP contribution in [0.4, 0.5) is 9.18 Å². The van der Waals surface area contributed by atoms with Gasteiger partial charge in [0.15, 0.2) is 5.82 Å². The minimum absolute atomic E-state index is 0.135. The van der Waals surface area contributed by atoms with Crippen LogP contribution in [0.3, 0.4) is 0 Å². The number of likely N-dealkylation sites (tertiary alicyclic amines) is 1. The molecule has 2 amide bonds. The number of amides is 2. The van der Waals surface area contributed by atoms with Crippen LogP contribution in [0.15, 0.2) is 59.0 Å². The molecule has 176 valence electrons. The number of fused-ring (bicyclic) bond motifs is 1. The standard InChI is InChI=1S/C26H28FN5O2/c1-3-21(24-15-19-7-4-5-9-23(19)34-24)28-26(33)31-14-6-8-22(31)25-30-29-17(2)32(25)16-18-10-12-20(27)13-11-18/h4-5,7,9-13,15,21-22H,3,6,8,14,16H2,1-2H3,(H,28,33)/t21-,22+/m0/s1. The number of aryl methyl sites for hydroxylation is 1. The average Bonchev–Trinajstić information content (AvgIpc) is 3.57. The Bertz CT molecular complexity index is 1260. The van der Waals surface area contributed by atoms with Crippen LogP contribution in [0.25, 0.3) is 11.0 Å². The van der Waals surface area contributed by atoms with Gasteiger partial charge in [0.05, 0.1) is 18.6 Å². The fraction of sp³-hybridized carbons (Fsp3) is 0.346. The van der Waals surface area contributed by atoms with Crippen LogP contribution in [0.2, 0.25) is 0 Å². The maximum Gasteiger partial charge on any atom is 0.318 e. The Kier molecular flexibility index (Phi) is 6.04. The van der Waals surface area contributed by atoms with Gasteiger partial charge < -0.3 is 19.2 Å². The summed E-state index contributed by atoms with van der Waals surface area (Å²) in [6, 6.07) is 15.7. The Morgan fingerprint density at radius 3 is 2.76 bits per heavy atom. The number of nitrogens with one attached hydrogen (secondary N) is 1. The smallest absolute Gasteiger partial charge is 0.318 e. The van der Waals surface area contributed by atoms with Crippen molar-refractivity contribution in [2.24, 2.45) is 0 Å². The molecular formula is C26H28FN5O2. The SMILES string of the molecule is CC[C@H](NC(=O)N1CCC[C@@H]1c1nnc(C)n1Cc1ccc(F)cc1)c1cc2ccccc2o1. The zero-order valence-corrected chi connectivity index (χ0v) is 19.4. The Balaban J connectivity index is 1.35. The number of nitrogens with zero attached hydrogens (tertiary/aromatic N) is 4. The van der Waals surface area contributed by atoms with Crippen LogP contribution < -0.4 is 5.32 Å². The van der Waals surface area contributed by atoms with Crippen LogP contribution in [-0.4, -0.2) is 32.2 Å². The summed E-state index contributed by atoms with van der Waals surface area (Å²) >= 11 is 0. The second kappa shape index (κ2) is 9.29. The minimum atomic E-state index is -0.266. The minimum Gasteiger partial charge on any atom is -0.459 e. The van der Waals surface area contributed by atoms with Crippen LogP contribution in [0.5, 0.6) is 0 Å². The summed E-state index contributed by atoms with van der Waals surface area (Å²) in [6.45, 7) is 5.10. The van der Waals surface area contributed by atoms with Crippen LogP contribution in [-0.2, 0) is 6.54 Å². The summed E-state index contributed by atoms with van der Waals surface area (Å²) in [5.74, 6) is 2.01. The van der Waals surface area contributed by atoms with Crippen molar-refractivity contribution in [2.75, 3.05) is 6.54 Å². The molecule has 0 radical (unpaired) electrons. The highest BCUT2D eigenvalue weighted by molar-refractivity contribution is 5.79. The maximum absolute atomic E-state index is 13.4. The number of halogens is 1. The van der Waals surface area contributed by atoms with E-state index in [0.717, 1.165) is 46.8 Å². The molecule has 7 nitrogen and oxygen atoms in total. The first-order valence-corrected chi connectivity index (χ1v) is 11.7. The lowest BCUT2D eigenvalue weighted by Gasteiger charge is -2.27. The molecule has 0 aliphatic carbocycles. The maximum atomic E-state index is 13.4. The summed E-state index contributed by atoms with van der Waals surface area (Å²) in [5, 5.41) is 12.9. The van der Waals surface area contributed by atoms with Gasteiger partial charge in [0, 0.05) is 11.9 Å². The van der Waals surface area contributed by atoms with Crippen molar-refractivity contribution in [1.82, 2.24) is 25.0 Å². The molecule has 5 rings (SSSR count). The van der Waals surface area contributed by atoms with Crippen molar-refractivity contribution < 1.29 is 13.6 Å². The molecule has 0 saturated carbocycles. The first-order valence-electron chi connectivity index (χ1n) is 11.7. The Morgan fingerprint density at radius 1 is 1.21 bits per heavy atom. The largest absolute Gasteiger partial charge is 0.459 e. The predicted octanol–water partition coefficient (Wildman–Crippen LogP) is 5.52. The van der Waals surface area contributed by atoms with Crippen LogP contribution >= 0.6 is 0 Å². The topological polar surface area (TPSA) is 76.2 Å². The Hall–Kier alpha value is -3.68.